The normalized spacial score (nSPS) is 13.6. The fraction of sp³-hybridized carbons (Fsp3) is 0.214. The molecule has 17 heavy (non-hydrogen) atoms. The summed E-state index contributed by atoms with van der Waals surface area (Å²) in [5, 5.41) is 9.77. The first kappa shape index (κ1) is 13.2. The molecule has 0 aliphatic carbocycles. The van der Waals surface area contributed by atoms with Gasteiger partial charge in [0.1, 0.15) is 6.10 Å². The number of aliphatic hydroxyl groups excluding tert-OH is 1. The lowest BCUT2D eigenvalue weighted by Gasteiger charge is -2.13. The number of benzene rings is 1. The van der Waals surface area contributed by atoms with Gasteiger partial charge in [-0.25, -0.2) is 4.79 Å². The van der Waals surface area contributed by atoms with Crippen LogP contribution in [-0.4, -0.2) is 24.3 Å². The van der Waals surface area contributed by atoms with Crippen molar-refractivity contribution in [3.63, 3.8) is 0 Å². The third-order valence-electron chi connectivity index (χ3n) is 2.54. The van der Waals surface area contributed by atoms with E-state index in [1.165, 1.54) is 13.2 Å². The molecule has 0 saturated carbocycles. The molecule has 0 fully saturated rings. The Balaban J connectivity index is 3.28. The van der Waals surface area contributed by atoms with E-state index in [-0.39, 0.29) is 5.57 Å². The smallest absolute Gasteiger partial charge is 0.337 e. The van der Waals surface area contributed by atoms with Crippen LogP contribution in [0.2, 0.25) is 0 Å². The van der Waals surface area contributed by atoms with Gasteiger partial charge in [0, 0.05) is 0 Å². The molecule has 1 aromatic carbocycles. The molecule has 3 heteroatoms. The van der Waals surface area contributed by atoms with E-state index >= 15 is 0 Å². The zero-order valence-corrected chi connectivity index (χ0v) is 10.0. The van der Waals surface area contributed by atoms with Crippen LogP contribution in [-0.2, 0) is 9.53 Å². The Bertz CT molecular complexity index is 432. The summed E-state index contributed by atoms with van der Waals surface area (Å²) in [6.07, 6.45) is 0.279. The van der Waals surface area contributed by atoms with Gasteiger partial charge in [0.05, 0.1) is 12.7 Å². The molecule has 0 bridgehead atoms. The Morgan fingerprint density at radius 3 is 2.47 bits per heavy atom. The highest BCUT2D eigenvalue weighted by Crippen LogP contribution is 2.21. The van der Waals surface area contributed by atoms with E-state index < -0.39 is 12.1 Å². The molecule has 0 radical (unpaired) electrons. The third kappa shape index (κ3) is 3.04. The minimum absolute atomic E-state index is 0.216. The van der Waals surface area contributed by atoms with Gasteiger partial charge in [0.2, 0.25) is 0 Å². The van der Waals surface area contributed by atoms with Gasteiger partial charge in [-0.05, 0) is 18.1 Å². The zero-order chi connectivity index (χ0) is 12.8. The predicted molar refractivity (Wildman–Crippen MR) is 67.3 cm³/mol. The van der Waals surface area contributed by atoms with Gasteiger partial charge in [0.25, 0.3) is 0 Å². The van der Waals surface area contributed by atoms with Crippen LogP contribution in [0.1, 0.15) is 12.5 Å². The lowest BCUT2D eigenvalue weighted by atomic mass is 9.97. The van der Waals surface area contributed by atoms with Crippen LogP contribution >= 0.6 is 0 Å². The van der Waals surface area contributed by atoms with Crippen LogP contribution in [0.5, 0.6) is 0 Å². The maximum absolute atomic E-state index is 11.6. The highest BCUT2D eigenvalue weighted by atomic mass is 16.5. The SMILES string of the molecule is C=CC(O)/C(C(=O)OC)=C(\C)c1ccccc1. The van der Waals surface area contributed by atoms with E-state index in [0.29, 0.717) is 5.57 Å². The van der Waals surface area contributed by atoms with Gasteiger partial charge in [-0.1, -0.05) is 36.4 Å². The summed E-state index contributed by atoms with van der Waals surface area (Å²) >= 11 is 0. The lowest BCUT2D eigenvalue weighted by Crippen LogP contribution is -2.18. The second-order valence-electron chi connectivity index (χ2n) is 3.58. The number of allylic oxidation sites excluding steroid dienone is 1. The molecule has 0 aliphatic heterocycles. The van der Waals surface area contributed by atoms with Crippen LogP contribution in [0.15, 0.2) is 48.6 Å². The molecule has 1 aromatic rings. The maximum Gasteiger partial charge on any atom is 0.337 e. The first-order valence-electron chi connectivity index (χ1n) is 5.27. The molecule has 0 amide bonds. The number of hydrogen-bond donors (Lipinski definition) is 1. The molecular formula is C14H16O3. The highest BCUT2D eigenvalue weighted by Gasteiger charge is 2.20. The van der Waals surface area contributed by atoms with Gasteiger partial charge >= 0.3 is 5.97 Å². The Kier molecular flexibility index (Phi) is 4.67. The Hall–Kier alpha value is -1.87. The second-order valence-corrected chi connectivity index (χ2v) is 3.58. The third-order valence-corrected chi connectivity index (χ3v) is 2.54. The minimum atomic E-state index is -1.03. The van der Waals surface area contributed by atoms with Crippen molar-refractivity contribution in [2.24, 2.45) is 0 Å². The van der Waals surface area contributed by atoms with Gasteiger partial charge in [0.15, 0.2) is 0 Å². The van der Waals surface area contributed by atoms with Crippen LogP contribution in [0.4, 0.5) is 0 Å². The van der Waals surface area contributed by atoms with Crippen molar-refractivity contribution < 1.29 is 14.6 Å². The first-order chi connectivity index (χ1) is 8.11. The molecule has 1 atom stereocenters. The highest BCUT2D eigenvalue weighted by molar-refractivity contribution is 5.98. The Labute approximate surface area is 101 Å². The number of methoxy groups -OCH3 is 1. The number of hydrogen-bond acceptors (Lipinski definition) is 3. The summed E-state index contributed by atoms with van der Waals surface area (Å²) < 4.78 is 4.67. The Morgan fingerprint density at radius 1 is 1.41 bits per heavy atom. The van der Waals surface area contributed by atoms with E-state index in [9.17, 15) is 9.90 Å². The largest absolute Gasteiger partial charge is 0.466 e. The van der Waals surface area contributed by atoms with Crippen LogP contribution in [0, 0.1) is 0 Å². The summed E-state index contributed by atoms with van der Waals surface area (Å²) in [6, 6.07) is 9.36. The molecule has 3 nitrogen and oxygen atoms in total. The summed E-state index contributed by atoms with van der Waals surface area (Å²) in [5.74, 6) is -0.543. The number of aliphatic hydroxyl groups is 1. The van der Waals surface area contributed by atoms with E-state index in [0.717, 1.165) is 5.56 Å². The second kappa shape index (κ2) is 6.01. The summed E-state index contributed by atoms with van der Waals surface area (Å²) in [7, 11) is 1.29. The first-order valence-corrected chi connectivity index (χ1v) is 5.27. The molecule has 1 rings (SSSR count). The number of carbonyl (C=O) groups excluding carboxylic acids is 1. The standard InChI is InChI=1S/C14H16O3/c1-4-12(15)13(14(16)17-3)10(2)11-8-6-5-7-9-11/h4-9,12,15H,1H2,2-3H3/b13-10-. The van der Waals surface area contributed by atoms with E-state index in [2.05, 4.69) is 11.3 Å². The predicted octanol–water partition coefficient (Wildman–Crippen LogP) is 2.18. The molecule has 1 N–H and O–H groups in total. The Morgan fingerprint density at radius 2 is 2.00 bits per heavy atom. The van der Waals surface area contributed by atoms with Gasteiger partial charge < -0.3 is 9.84 Å². The fourth-order valence-corrected chi connectivity index (χ4v) is 1.57. The number of esters is 1. The van der Waals surface area contributed by atoms with E-state index in [1.54, 1.807) is 6.92 Å². The lowest BCUT2D eigenvalue weighted by molar-refractivity contribution is -0.136. The minimum Gasteiger partial charge on any atom is -0.466 e. The zero-order valence-electron chi connectivity index (χ0n) is 10.0. The van der Waals surface area contributed by atoms with Crippen LogP contribution < -0.4 is 0 Å². The van der Waals surface area contributed by atoms with Gasteiger partial charge in [-0.3, -0.25) is 0 Å². The summed E-state index contributed by atoms with van der Waals surface area (Å²) in [5.41, 5.74) is 1.77. The molecular weight excluding hydrogens is 216 g/mol. The van der Waals surface area contributed by atoms with Crippen molar-refractivity contribution in [1.29, 1.82) is 0 Å². The van der Waals surface area contributed by atoms with E-state index in [1.807, 2.05) is 30.3 Å². The molecule has 0 saturated heterocycles. The average Bonchev–Trinajstić information content (AvgIpc) is 2.39. The van der Waals surface area contributed by atoms with Gasteiger partial charge in [-0.15, -0.1) is 6.58 Å². The monoisotopic (exact) mass is 232 g/mol. The van der Waals surface area contributed by atoms with Crippen LogP contribution in [0.25, 0.3) is 5.57 Å². The summed E-state index contributed by atoms with van der Waals surface area (Å²) in [6.45, 7) is 5.25. The molecule has 1 unspecified atom stereocenters. The van der Waals surface area contributed by atoms with E-state index in [4.69, 9.17) is 0 Å². The molecule has 0 aromatic heterocycles. The molecule has 0 spiro atoms. The number of rotatable bonds is 4. The maximum atomic E-state index is 11.6. The van der Waals surface area contributed by atoms with Crippen LogP contribution in [0.3, 0.4) is 0 Å². The van der Waals surface area contributed by atoms with Crippen molar-refractivity contribution in [3.8, 4) is 0 Å². The van der Waals surface area contributed by atoms with Crippen molar-refractivity contribution in [1.82, 2.24) is 0 Å². The summed E-state index contributed by atoms with van der Waals surface area (Å²) in [4.78, 5) is 11.6. The molecule has 0 heterocycles. The van der Waals surface area contributed by atoms with Crippen molar-refractivity contribution >= 4 is 11.5 Å². The van der Waals surface area contributed by atoms with Crippen molar-refractivity contribution in [2.75, 3.05) is 7.11 Å². The quantitative estimate of drug-likeness (QED) is 0.491. The topological polar surface area (TPSA) is 46.5 Å². The average molecular weight is 232 g/mol. The number of carbonyl (C=O) groups is 1. The molecule has 0 aliphatic rings. The van der Waals surface area contributed by atoms with Gasteiger partial charge in [-0.2, -0.15) is 0 Å². The van der Waals surface area contributed by atoms with Crippen molar-refractivity contribution in [3.05, 3.63) is 54.1 Å². The van der Waals surface area contributed by atoms with Crippen molar-refractivity contribution in [2.45, 2.75) is 13.0 Å². The fourth-order valence-electron chi connectivity index (χ4n) is 1.57. The number of ether oxygens (including phenoxy) is 1. The molecule has 90 valence electrons.